The van der Waals surface area contributed by atoms with Crippen molar-refractivity contribution in [3.8, 4) is 0 Å². The summed E-state index contributed by atoms with van der Waals surface area (Å²) in [6.45, 7) is 12.1. The number of fused-ring (bicyclic) bond motifs is 2. The third kappa shape index (κ3) is 28.5. The van der Waals surface area contributed by atoms with Crippen LogP contribution in [0.25, 0.3) is 0 Å². The molecule has 6 heterocycles. The molecule has 0 aliphatic carbocycles. The summed E-state index contributed by atoms with van der Waals surface area (Å²) >= 11 is 0. The molecule has 35 heteroatoms. The molecule has 2 unspecified atom stereocenters. The second-order valence-corrected chi connectivity index (χ2v) is 23.0. The van der Waals surface area contributed by atoms with E-state index in [1.165, 1.54) is 0 Å². The van der Waals surface area contributed by atoms with Gasteiger partial charge in [0, 0.05) is 38.3 Å². The van der Waals surface area contributed by atoms with E-state index in [1.54, 1.807) is 27.7 Å². The topological polar surface area (TPSA) is 320 Å². The molecule has 3 aromatic rings. The molecule has 0 radical (unpaired) electrons. The minimum Gasteiger partial charge on any atom is -0.445 e. The predicted octanol–water partition coefficient (Wildman–Crippen LogP) is 3.88. The summed E-state index contributed by atoms with van der Waals surface area (Å²) in [5.41, 5.74) is -1.34. The maximum absolute atomic E-state index is 13.2. The van der Waals surface area contributed by atoms with Crippen LogP contribution in [-0.4, -0.2) is 263 Å². The molecule has 4 aliphatic heterocycles. The number of hydrogen-bond donors (Lipinski definition) is 5. The van der Waals surface area contributed by atoms with E-state index in [0.29, 0.717) is 52.9 Å². The molecule has 4 aliphatic rings. The van der Waals surface area contributed by atoms with Crippen LogP contribution in [0.3, 0.4) is 0 Å². The summed E-state index contributed by atoms with van der Waals surface area (Å²) in [5, 5.41) is 14.0. The van der Waals surface area contributed by atoms with Gasteiger partial charge in [-0.25, -0.2) is 24.7 Å². The van der Waals surface area contributed by atoms with E-state index in [9.17, 15) is 40.7 Å². The van der Waals surface area contributed by atoms with Crippen LogP contribution < -0.4 is 26.6 Å². The van der Waals surface area contributed by atoms with Crippen molar-refractivity contribution < 1.29 is 121 Å². The SMILES string of the molecule is CC1(C)O[C@@H]2[C@H](O1)[C@@H](Nc1nccc(C(F)(F)F)n1)CO[C@@H]2COCCOCCOCCOCCNC(=O)CCOCC(COCCC(=O)NCCOCCOCCOCCOC[C@H]1OC[C@H](Nc2nccc(C(F)(F)F)n2)C2OC(C)(C)O[C@H]21)NC(=O)OCc1ccccc1. The summed E-state index contributed by atoms with van der Waals surface area (Å²) in [6.07, 6.45) is -11.1. The van der Waals surface area contributed by atoms with E-state index >= 15 is 0 Å². The van der Waals surface area contributed by atoms with E-state index in [-0.39, 0.29) is 149 Å². The highest BCUT2D eigenvalue weighted by Crippen LogP contribution is 2.38. The number of aromatic nitrogens is 4. The number of carbonyl (C=O) groups excluding carboxylic acids is 3. The molecule has 4 fully saturated rings. The number of hydrogen-bond acceptors (Lipinski definition) is 26. The molecule has 3 amide bonds. The molecule has 4 saturated heterocycles. The molecule has 96 heavy (non-hydrogen) atoms. The van der Waals surface area contributed by atoms with Crippen LogP contribution in [0.2, 0.25) is 0 Å². The lowest BCUT2D eigenvalue weighted by molar-refractivity contribution is -0.161. The fourth-order valence-corrected chi connectivity index (χ4v) is 9.97. The van der Waals surface area contributed by atoms with Gasteiger partial charge in [0.05, 0.1) is 163 Å². The van der Waals surface area contributed by atoms with E-state index < -0.39 is 96.2 Å². The molecule has 0 spiro atoms. The summed E-state index contributed by atoms with van der Waals surface area (Å²) in [7, 11) is 0. The number of ether oxygens (including phenoxy) is 17. The molecule has 1 aromatic carbocycles. The average molecular weight is 1380 g/mol. The van der Waals surface area contributed by atoms with E-state index in [4.69, 9.17) is 80.5 Å². The molecule has 2 aromatic heterocycles. The summed E-state index contributed by atoms with van der Waals surface area (Å²) in [4.78, 5) is 52.7. The third-order valence-electron chi connectivity index (χ3n) is 14.4. The first-order valence-corrected chi connectivity index (χ1v) is 31.7. The van der Waals surface area contributed by atoms with Crippen molar-refractivity contribution in [2.24, 2.45) is 0 Å². The smallest absolute Gasteiger partial charge is 0.433 e. The van der Waals surface area contributed by atoms with Gasteiger partial charge in [0.2, 0.25) is 23.7 Å². The lowest BCUT2D eigenvalue weighted by Gasteiger charge is -2.37. The van der Waals surface area contributed by atoms with Gasteiger partial charge in [0.25, 0.3) is 0 Å². The van der Waals surface area contributed by atoms with E-state index in [2.05, 4.69) is 46.5 Å². The van der Waals surface area contributed by atoms with Gasteiger partial charge in [-0.05, 0) is 45.4 Å². The van der Waals surface area contributed by atoms with Crippen LogP contribution in [0.5, 0.6) is 0 Å². The Kier molecular flexibility index (Phi) is 32.5. The van der Waals surface area contributed by atoms with Crippen molar-refractivity contribution in [1.29, 1.82) is 0 Å². The van der Waals surface area contributed by atoms with Crippen LogP contribution >= 0.6 is 0 Å². The molecule has 29 nitrogen and oxygen atoms in total. The van der Waals surface area contributed by atoms with Crippen LogP contribution in [0.15, 0.2) is 54.9 Å². The number of rotatable bonds is 45. The Labute approximate surface area is 552 Å². The minimum atomic E-state index is -4.62. The highest BCUT2D eigenvalue weighted by atomic mass is 19.4. The number of alkyl halides is 6. The normalized spacial score (nSPS) is 22.4. The summed E-state index contributed by atoms with van der Waals surface area (Å²) in [5.74, 6) is -2.87. The first-order valence-electron chi connectivity index (χ1n) is 31.7. The number of nitrogens with zero attached hydrogens (tertiary/aromatic N) is 4. The Balaban J connectivity index is 0.641. The number of alkyl carbamates (subject to hydrolysis) is 1. The predicted molar refractivity (Wildman–Crippen MR) is 323 cm³/mol. The Bertz CT molecular complexity index is 2590. The number of halogens is 6. The number of amides is 3. The Morgan fingerprint density at radius 1 is 0.510 bits per heavy atom. The molecular formula is C61H89F6N9O20. The molecule has 7 rings (SSSR count). The molecule has 540 valence electrons. The third-order valence-corrected chi connectivity index (χ3v) is 14.4. The highest BCUT2D eigenvalue weighted by Gasteiger charge is 2.54. The van der Waals surface area contributed by atoms with E-state index in [0.717, 1.165) is 30.1 Å². The van der Waals surface area contributed by atoms with E-state index in [1.807, 2.05) is 30.3 Å². The lowest BCUT2D eigenvalue weighted by Crippen LogP contribution is -2.55. The van der Waals surface area contributed by atoms with Crippen LogP contribution in [-0.2, 0) is 109 Å². The van der Waals surface area contributed by atoms with Crippen molar-refractivity contribution in [3.05, 3.63) is 71.8 Å². The first-order chi connectivity index (χ1) is 46.1. The van der Waals surface area contributed by atoms with Gasteiger partial charge in [-0.1, -0.05) is 30.3 Å². The zero-order valence-electron chi connectivity index (χ0n) is 54.2. The molecular weight excluding hydrogens is 1290 g/mol. The molecule has 5 N–H and O–H groups in total. The second kappa shape index (κ2) is 40.3. The van der Waals surface area contributed by atoms with Gasteiger partial charge < -0.3 is 107 Å². The van der Waals surface area contributed by atoms with Crippen molar-refractivity contribution in [2.75, 3.05) is 169 Å². The van der Waals surface area contributed by atoms with Crippen LogP contribution in [0.1, 0.15) is 57.5 Å². The van der Waals surface area contributed by atoms with Gasteiger partial charge in [-0.15, -0.1) is 0 Å². The van der Waals surface area contributed by atoms with Crippen LogP contribution in [0.4, 0.5) is 43.0 Å². The fraction of sp³-hybridized carbons (Fsp3) is 0.721. The number of carbonyl (C=O) groups is 3. The lowest BCUT2D eigenvalue weighted by atomic mass is 9.98. The standard InChI is InChI=1S/C61H89F6N9O20/c1-58(2)93-51-43(73-55-70-14-10-47(75-55)60(62,63)64)37-90-45(53(51)95-58)39-88-32-30-84-28-26-82-24-22-80-20-16-68-49(77)12-18-86-35-42(72-57(79)92-34-41-8-6-5-7-9-41)36-87-19-13-50(78)69-17-21-81-23-25-83-27-29-85-31-33-89-40-46-54-52(94-59(3,4)96-54)44(38-91-46)74-56-71-15-11-48(76-56)61(65,66)67/h5-11,14-15,42-46,51-54H,12-13,16-40H2,1-4H3,(H,68,77)(H,69,78)(H,72,79)(H,70,73,75)(H,71,74,76)/t42?,43-,44-,45+,46+,51+,52?,53-,54-/m0/s1. The summed E-state index contributed by atoms with van der Waals surface area (Å²) < 4.78 is 177. The molecule has 0 bridgehead atoms. The number of benzene rings is 1. The van der Waals surface area contributed by atoms with Gasteiger partial charge in [0.15, 0.2) is 11.6 Å². The average Bonchev–Trinajstić information content (AvgIpc) is 1.62. The highest BCUT2D eigenvalue weighted by molar-refractivity contribution is 5.76. The van der Waals surface area contributed by atoms with Gasteiger partial charge >= 0.3 is 18.4 Å². The number of anilines is 2. The van der Waals surface area contributed by atoms with Gasteiger partial charge in [-0.2, -0.15) is 26.3 Å². The largest absolute Gasteiger partial charge is 0.445 e. The minimum absolute atomic E-state index is 0.00605. The monoisotopic (exact) mass is 1380 g/mol. The second-order valence-electron chi connectivity index (χ2n) is 23.0. The van der Waals surface area contributed by atoms with Gasteiger partial charge in [0.1, 0.15) is 54.6 Å². The van der Waals surface area contributed by atoms with Crippen molar-refractivity contribution in [2.45, 2.75) is 126 Å². The molecule has 0 saturated carbocycles. The number of nitrogens with one attached hydrogen (secondary N) is 5. The van der Waals surface area contributed by atoms with Crippen molar-refractivity contribution in [3.63, 3.8) is 0 Å². The maximum atomic E-state index is 13.2. The quantitative estimate of drug-likeness (QED) is 0.0396. The zero-order valence-corrected chi connectivity index (χ0v) is 54.2. The van der Waals surface area contributed by atoms with Gasteiger partial charge in [-0.3, -0.25) is 9.59 Å². The maximum Gasteiger partial charge on any atom is 0.433 e. The Morgan fingerprint density at radius 2 is 0.896 bits per heavy atom. The first kappa shape index (κ1) is 77.5. The Morgan fingerprint density at radius 3 is 1.30 bits per heavy atom. The molecule has 9 atom stereocenters. The van der Waals surface area contributed by atoms with Crippen molar-refractivity contribution in [1.82, 2.24) is 35.9 Å². The summed E-state index contributed by atoms with van der Waals surface area (Å²) in [6, 6.07) is 8.90. The van der Waals surface area contributed by atoms with Crippen molar-refractivity contribution >= 4 is 29.8 Å². The zero-order chi connectivity index (χ0) is 68.7. The fourth-order valence-electron chi connectivity index (χ4n) is 9.97. The van der Waals surface area contributed by atoms with Crippen LogP contribution in [0, 0.1) is 0 Å². The Hall–Kier alpha value is -5.87.